The van der Waals surface area contributed by atoms with Gasteiger partial charge in [-0.25, -0.2) is 9.67 Å². The monoisotopic (exact) mass is 455 g/mol. The Morgan fingerprint density at radius 2 is 1.65 bits per heavy atom. The maximum absolute atomic E-state index is 10.3. The van der Waals surface area contributed by atoms with E-state index in [1.807, 2.05) is 10.7 Å². The Bertz CT molecular complexity index is 1320. The molecule has 2 aliphatic rings. The fraction of sp³-hybridized carbons (Fsp3) is 0.346. The lowest BCUT2D eigenvalue weighted by molar-refractivity contribution is 0.313. The van der Waals surface area contributed by atoms with Gasteiger partial charge in [0.05, 0.1) is 17.3 Å². The molecule has 0 spiro atoms. The van der Waals surface area contributed by atoms with E-state index in [2.05, 4.69) is 56.5 Å². The highest BCUT2D eigenvalue weighted by atomic mass is 16.3. The van der Waals surface area contributed by atoms with Crippen LogP contribution in [0.25, 0.3) is 16.7 Å². The molecular weight excluding hydrogens is 426 g/mol. The van der Waals surface area contributed by atoms with E-state index in [1.54, 1.807) is 18.5 Å². The van der Waals surface area contributed by atoms with Crippen LogP contribution in [0, 0.1) is 0 Å². The van der Waals surface area contributed by atoms with Crippen LogP contribution < -0.4 is 10.2 Å². The zero-order valence-electron chi connectivity index (χ0n) is 19.4. The van der Waals surface area contributed by atoms with Crippen molar-refractivity contribution in [2.75, 3.05) is 43.4 Å². The number of anilines is 3. The van der Waals surface area contributed by atoms with Gasteiger partial charge in [0.2, 0.25) is 5.95 Å². The summed E-state index contributed by atoms with van der Waals surface area (Å²) in [6.45, 7) is 4.28. The third kappa shape index (κ3) is 3.84. The van der Waals surface area contributed by atoms with E-state index in [0.717, 1.165) is 79.8 Å². The molecule has 2 N–H and O–H groups in total. The van der Waals surface area contributed by atoms with E-state index < -0.39 is 0 Å². The van der Waals surface area contributed by atoms with Crippen LogP contribution in [0.2, 0.25) is 0 Å². The van der Waals surface area contributed by atoms with Gasteiger partial charge in [-0.1, -0.05) is 0 Å². The first-order valence-corrected chi connectivity index (χ1v) is 12.0. The number of fused-ring (bicyclic) bond motifs is 2. The molecule has 8 nitrogen and oxygen atoms in total. The summed E-state index contributed by atoms with van der Waals surface area (Å²) >= 11 is 0. The summed E-state index contributed by atoms with van der Waals surface area (Å²) in [4.78, 5) is 14.1. The molecule has 34 heavy (non-hydrogen) atoms. The molecule has 1 aliphatic heterocycles. The van der Waals surface area contributed by atoms with Crippen molar-refractivity contribution in [1.29, 1.82) is 0 Å². The zero-order chi connectivity index (χ0) is 23.1. The highest BCUT2D eigenvalue weighted by Crippen LogP contribution is 2.34. The summed E-state index contributed by atoms with van der Waals surface area (Å²) in [5.74, 6) is 0.918. The van der Waals surface area contributed by atoms with Crippen LogP contribution in [0.4, 0.5) is 17.3 Å². The minimum Gasteiger partial charge on any atom is -0.508 e. The summed E-state index contributed by atoms with van der Waals surface area (Å²) in [5.41, 5.74) is 6.15. The minimum atomic E-state index is 0.381. The molecule has 1 saturated heterocycles. The minimum absolute atomic E-state index is 0.381. The second kappa shape index (κ2) is 8.61. The molecule has 6 rings (SSSR count). The molecule has 0 bridgehead atoms. The second-order valence-corrected chi connectivity index (χ2v) is 9.26. The predicted molar refractivity (Wildman–Crippen MR) is 134 cm³/mol. The molecule has 0 saturated carbocycles. The molecule has 174 valence electrons. The highest BCUT2D eigenvalue weighted by molar-refractivity contribution is 5.77. The Morgan fingerprint density at radius 3 is 2.44 bits per heavy atom. The lowest BCUT2D eigenvalue weighted by atomic mass is 9.89. The third-order valence-electron chi connectivity index (χ3n) is 7.01. The van der Waals surface area contributed by atoms with Crippen LogP contribution >= 0.6 is 0 Å². The number of piperazine rings is 1. The van der Waals surface area contributed by atoms with E-state index in [9.17, 15) is 5.11 Å². The van der Waals surface area contributed by atoms with Gasteiger partial charge in [0.1, 0.15) is 5.75 Å². The van der Waals surface area contributed by atoms with Crippen LogP contribution in [0.1, 0.15) is 24.0 Å². The number of hydrogen-bond donors (Lipinski definition) is 2. The number of likely N-dealkylation sites (N-methyl/N-ethyl adjacent to an activating group) is 1. The van der Waals surface area contributed by atoms with Gasteiger partial charge in [-0.15, -0.1) is 0 Å². The number of benzene rings is 2. The molecule has 0 radical (unpaired) electrons. The van der Waals surface area contributed by atoms with Crippen molar-refractivity contribution < 1.29 is 5.11 Å². The molecule has 1 aliphatic carbocycles. The lowest BCUT2D eigenvalue weighted by Gasteiger charge is -2.34. The van der Waals surface area contributed by atoms with Gasteiger partial charge in [-0.3, -0.25) is 0 Å². The van der Waals surface area contributed by atoms with Crippen molar-refractivity contribution in [2.45, 2.75) is 25.7 Å². The maximum Gasteiger partial charge on any atom is 0.229 e. The van der Waals surface area contributed by atoms with Crippen molar-refractivity contribution in [3.05, 3.63) is 59.9 Å². The lowest BCUT2D eigenvalue weighted by Crippen LogP contribution is -2.44. The molecule has 2 aromatic heterocycles. The predicted octanol–water partition coefficient (Wildman–Crippen LogP) is 3.90. The fourth-order valence-corrected chi connectivity index (χ4v) is 5.03. The Labute approximate surface area is 198 Å². The molecule has 8 heteroatoms. The van der Waals surface area contributed by atoms with Gasteiger partial charge in [0, 0.05) is 43.8 Å². The Morgan fingerprint density at radius 1 is 0.882 bits per heavy atom. The van der Waals surface area contributed by atoms with Crippen molar-refractivity contribution in [1.82, 2.24) is 24.6 Å². The van der Waals surface area contributed by atoms with Crippen LogP contribution in [0.15, 0.2) is 48.8 Å². The number of phenolic OH excluding ortho intramolecular Hbond substituents is 1. The largest absolute Gasteiger partial charge is 0.508 e. The number of aromatic nitrogens is 4. The normalized spacial score (nSPS) is 16.6. The van der Waals surface area contributed by atoms with E-state index in [0.29, 0.717) is 11.7 Å². The van der Waals surface area contributed by atoms with Gasteiger partial charge in [0.15, 0.2) is 5.65 Å². The van der Waals surface area contributed by atoms with Gasteiger partial charge in [-0.05, 0) is 80.3 Å². The SMILES string of the molecule is CN1CCN(c2ccc(Nc3ncc4cnn(-c5ccc(O)c6c5CCCC6)c4n3)cc2)CC1. The van der Waals surface area contributed by atoms with E-state index in [-0.39, 0.29) is 0 Å². The van der Waals surface area contributed by atoms with Crippen LogP contribution in [-0.4, -0.2) is 63.0 Å². The van der Waals surface area contributed by atoms with Crippen molar-refractivity contribution in [3.63, 3.8) is 0 Å². The van der Waals surface area contributed by atoms with Gasteiger partial charge < -0.3 is 20.2 Å². The summed E-state index contributed by atoms with van der Waals surface area (Å²) in [7, 11) is 2.17. The number of nitrogens with zero attached hydrogens (tertiary/aromatic N) is 6. The summed E-state index contributed by atoms with van der Waals surface area (Å²) in [5, 5.41) is 19.2. The smallest absolute Gasteiger partial charge is 0.229 e. The Balaban J connectivity index is 1.27. The first-order valence-electron chi connectivity index (χ1n) is 12.0. The van der Waals surface area contributed by atoms with Gasteiger partial charge >= 0.3 is 0 Å². The van der Waals surface area contributed by atoms with Crippen LogP contribution in [0.3, 0.4) is 0 Å². The Hall–Kier alpha value is -3.65. The van der Waals surface area contributed by atoms with E-state index >= 15 is 0 Å². The quantitative estimate of drug-likeness (QED) is 0.483. The molecule has 0 amide bonds. The Kier molecular flexibility index (Phi) is 5.30. The molecular formula is C26H29N7O. The van der Waals surface area contributed by atoms with Crippen molar-refractivity contribution in [2.24, 2.45) is 0 Å². The molecule has 1 fully saturated rings. The second-order valence-electron chi connectivity index (χ2n) is 9.26. The standard InChI is InChI=1S/C26H29N7O/c1-31-12-14-32(15-13-31)20-8-6-19(7-9-20)29-26-27-16-18-17-28-33(25(18)30-26)23-10-11-24(34)22-5-3-2-4-21(22)23/h6-11,16-17,34H,2-5,12-15H2,1H3,(H,27,29,30). The number of nitrogens with one attached hydrogen (secondary N) is 1. The topological polar surface area (TPSA) is 82.3 Å². The van der Waals surface area contributed by atoms with Crippen molar-refractivity contribution in [3.8, 4) is 11.4 Å². The van der Waals surface area contributed by atoms with Crippen molar-refractivity contribution >= 4 is 28.4 Å². The average molecular weight is 456 g/mol. The van der Waals surface area contributed by atoms with E-state index in [1.165, 1.54) is 11.3 Å². The number of aromatic hydroxyl groups is 1. The summed E-state index contributed by atoms with van der Waals surface area (Å²) in [6, 6.07) is 12.2. The first-order chi connectivity index (χ1) is 16.7. The molecule has 2 aromatic carbocycles. The summed E-state index contributed by atoms with van der Waals surface area (Å²) in [6.07, 6.45) is 7.67. The molecule has 0 unspecified atom stereocenters. The maximum atomic E-state index is 10.3. The highest BCUT2D eigenvalue weighted by Gasteiger charge is 2.20. The number of hydrogen-bond acceptors (Lipinski definition) is 7. The third-order valence-corrected chi connectivity index (χ3v) is 7.01. The van der Waals surface area contributed by atoms with E-state index in [4.69, 9.17) is 4.98 Å². The number of phenols is 1. The van der Waals surface area contributed by atoms with Crippen LogP contribution in [0.5, 0.6) is 5.75 Å². The fourth-order valence-electron chi connectivity index (χ4n) is 5.03. The zero-order valence-corrected chi connectivity index (χ0v) is 19.4. The molecule has 4 aromatic rings. The molecule has 3 heterocycles. The molecule has 0 atom stereocenters. The summed E-state index contributed by atoms with van der Waals surface area (Å²) < 4.78 is 1.88. The first kappa shape index (κ1) is 20.9. The average Bonchev–Trinajstić information content (AvgIpc) is 3.29. The van der Waals surface area contributed by atoms with Gasteiger partial charge in [0.25, 0.3) is 0 Å². The number of rotatable bonds is 4. The van der Waals surface area contributed by atoms with Gasteiger partial charge in [-0.2, -0.15) is 10.1 Å². The van der Waals surface area contributed by atoms with Crippen LogP contribution in [-0.2, 0) is 12.8 Å².